The number of hydrogen-bond donors (Lipinski definition) is 2. The average Bonchev–Trinajstić information content (AvgIpc) is 2.32. The summed E-state index contributed by atoms with van der Waals surface area (Å²) in [5, 5.41) is 12.2. The molecule has 1 aliphatic carbocycles. The van der Waals surface area contributed by atoms with Crippen LogP contribution in [-0.2, 0) is 4.79 Å². The third-order valence-corrected chi connectivity index (χ3v) is 3.96. The van der Waals surface area contributed by atoms with Crippen molar-refractivity contribution >= 4 is 5.97 Å². The first kappa shape index (κ1) is 15.5. The predicted molar refractivity (Wildman–Crippen MR) is 74.8 cm³/mol. The number of nitrogens with one attached hydrogen (secondary N) is 1. The molecule has 1 saturated carbocycles. The van der Waals surface area contributed by atoms with Gasteiger partial charge in [-0.25, -0.2) is 0 Å². The molecule has 2 N–H and O–H groups in total. The molecule has 1 fully saturated rings. The number of carboxylic acids is 1. The van der Waals surface area contributed by atoms with Crippen molar-refractivity contribution in [1.82, 2.24) is 5.32 Å². The van der Waals surface area contributed by atoms with E-state index >= 15 is 0 Å². The van der Waals surface area contributed by atoms with Gasteiger partial charge in [-0.2, -0.15) is 0 Å². The van der Waals surface area contributed by atoms with Gasteiger partial charge >= 0.3 is 5.97 Å². The number of rotatable bonds is 3. The fraction of sp³-hybridized carbons (Fsp3) is 0.933. The summed E-state index contributed by atoms with van der Waals surface area (Å²) in [6.45, 7) is 1.75. The summed E-state index contributed by atoms with van der Waals surface area (Å²) in [4.78, 5) is 10.9. The lowest BCUT2D eigenvalue weighted by Crippen LogP contribution is -2.41. The van der Waals surface area contributed by atoms with Gasteiger partial charge < -0.3 is 10.4 Å². The lowest BCUT2D eigenvalue weighted by molar-refractivity contribution is -0.139. The summed E-state index contributed by atoms with van der Waals surface area (Å²) < 4.78 is 0. The molecule has 0 amide bonds. The van der Waals surface area contributed by atoms with Gasteiger partial charge in [0.1, 0.15) is 6.04 Å². The van der Waals surface area contributed by atoms with Gasteiger partial charge in [0.25, 0.3) is 0 Å². The molecule has 0 aromatic rings. The van der Waals surface area contributed by atoms with Crippen molar-refractivity contribution in [3.8, 4) is 0 Å². The zero-order valence-electron chi connectivity index (χ0n) is 11.8. The molecule has 106 valence electrons. The predicted octanol–water partition coefficient (Wildman–Crippen LogP) is 3.72. The summed E-state index contributed by atoms with van der Waals surface area (Å²) in [5.41, 5.74) is 0. The second-order valence-corrected chi connectivity index (χ2v) is 5.68. The molecule has 0 bridgehead atoms. The lowest BCUT2D eigenvalue weighted by atomic mass is 9.97. The van der Waals surface area contributed by atoms with Gasteiger partial charge in [-0.15, -0.1) is 0 Å². The molecule has 1 aliphatic rings. The average molecular weight is 255 g/mol. The van der Waals surface area contributed by atoms with Gasteiger partial charge in [0.2, 0.25) is 0 Å². The van der Waals surface area contributed by atoms with E-state index in [0.29, 0.717) is 6.04 Å². The highest BCUT2D eigenvalue weighted by Crippen LogP contribution is 2.17. The minimum absolute atomic E-state index is 0.399. The molecule has 0 spiro atoms. The fourth-order valence-corrected chi connectivity index (χ4v) is 2.75. The molecular weight excluding hydrogens is 226 g/mol. The molecule has 0 radical (unpaired) electrons. The van der Waals surface area contributed by atoms with E-state index in [4.69, 9.17) is 5.11 Å². The Balaban J connectivity index is 2.33. The van der Waals surface area contributed by atoms with Crippen LogP contribution in [0.1, 0.15) is 77.6 Å². The Bertz CT molecular complexity index is 219. The van der Waals surface area contributed by atoms with Crippen LogP contribution in [0.5, 0.6) is 0 Å². The number of carboxylic acid groups (broad SMARTS) is 1. The minimum atomic E-state index is -0.735. The monoisotopic (exact) mass is 255 g/mol. The molecule has 0 heterocycles. The largest absolute Gasteiger partial charge is 0.480 e. The summed E-state index contributed by atoms with van der Waals surface area (Å²) in [6, 6.07) is -0.0153. The van der Waals surface area contributed by atoms with E-state index in [1.54, 1.807) is 6.92 Å². The minimum Gasteiger partial charge on any atom is -0.480 e. The van der Waals surface area contributed by atoms with Gasteiger partial charge in [0.15, 0.2) is 0 Å². The van der Waals surface area contributed by atoms with Gasteiger partial charge in [-0.05, 0) is 19.8 Å². The Morgan fingerprint density at radius 2 is 1.33 bits per heavy atom. The standard InChI is InChI=1S/C15H29NO2/c1-13(15(17)18)16-14-11-9-7-5-3-2-4-6-8-10-12-14/h13-14,16H,2-12H2,1H3,(H,17,18). The maximum atomic E-state index is 10.9. The topological polar surface area (TPSA) is 49.3 Å². The van der Waals surface area contributed by atoms with E-state index in [-0.39, 0.29) is 0 Å². The van der Waals surface area contributed by atoms with Crippen molar-refractivity contribution in [2.24, 2.45) is 0 Å². The molecule has 3 heteroatoms. The number of aliphatic carboxylic acids is 1. The van der Waals surface area contributed by atoms with Crippen LogP contribution < -0.4 is 5.32 Å². The van der Waals surface area contributed by atoms with E-state index in [1.807, 2.05) is 0 Å². The van der Waals surface area contributed by atoms with E-state index in [1.165, 1.54) is 57.8 Å². The molecular formula is C15H29NO2. The Morgan fingerprint density at radius 3 is 1.72 bits per heavy atom. The third kappa shape index (κ3) is 7.00. The molecule has 0 aromatic carbocycles. The van der Waals surface area contributed by atoms with E-state index in [2.05, 4.69) is 5.32 Å². The highest BCUT2D eigenvalue weighted by atomic mass is 16.4. The van der Waals surface area contributed by atoms with Gasteiger partial charge in [-0.1, -0.05) is 57.8 Å². The van der Waals surface area contributed by atoms with E-state index in [0.717, 1.165) is 12.8 Å². The van der Waals surface area contributed by atoms with Crippen molar-refractivity contribution < 1.29 is 9.90 Å². The molecule has 0 saturated heterocycles. The highest BCUT2D eigenvalue weighted by Gasteiger charge is 2.16. The SMILES string of the molecule is CC(NC1CCCCCCCCCCC1)C(=O)O. The summed E-state index contributed by atoms with van der Waals surface area (Å²) >= 11 is 0. The van der Waals surface area contributed by atoms with Gasteiger partial charge in [-0.3, -0.25) is 4.79 Å². The number of carbonyl (C=O) groups is 1. The smallest absolute Gasteiger partial charge is 0.320 e. The molecule has 1 rings (SSSR count). The maximum Gasteiger partial charge on any atom is 0.320 e. The molecule has 18 heavy (non-hydrogen) atoms. The van der Waals surface area contributed by atoms with Crippen LogP contribution >= 0.6 is 0 Å². The summed E-state index contributed by atoms with van der Waals surface area (Å²) in [5.74, 6) is -0.735. The van der Waals surface area contributed by atoms with E-state index in [9.17, 15) is 4.79 Å². The maximum absolute atomic E-state index is 10.9. The summed E-state index contributed by atoms with van der Waals surface area (Å²) in [6.07, 6.45) is 14.2. The Labute approximate surface area is 111 Å². The van der Waals surface area contributed by atoms with Crippen LogP contribution in [0.4, 0.5) is 0 Å². The van der Waals surface area contributed by atoms with Crippen LogP contribution in [0.2, 0.25) is 0 Å². The zero-order valence-corrected chi connectivity index (χ0v) is 11.8. The molecule has 1 atom stereocenters. The van der Waals surface area contributed by atoms with Crippen LogP contribution in [0.25, 0.3) is 0 Å². The van der Waals surface area contributed by atoms with E-state index < -0.39 is 12.0 Å². The van der Waals surface area contributed by atoms with Crippen molar-refractivity contribution in [3.05, 3.63) is 0 Å². The quantitative estimate of drug-likeness (QED) is 0.808. The van der Waals surface area contributed by atoms with Crippen molar-refractivity contribution in [1.29, 1.82) is 0 Å². The second-order valence-electron chi connectivity index (χ2n) is 5.68. The second kappa shape index (κ2) is 9.37. The Morgan fingerprint density at radius 1 is 0.944 bits per heavy atom. The summed E-state index contributed by atoms with van der Waals surface area (Å²) in [7, 11) is 0. The van der Waals surface area contributed by atoms with Crippen LogP contribution in [0.15, 0.2) is 0 Å². The first-order chi connectivity index (χ1) is 8.70. The lowest BCUT2D eigenvalue weighted by Gasteiger charge is -2.21. The molecule has 0 aromatic heterocycles. The first-order valence-corrected chi connectivity index (χ1v) is 7.69. The first-order valence-electron chi connectivity index (χ1n) is 7.69. The van der Waals surface area contributed by atoms with Crippen molar-refractivity contribution in [2.75, 3.05) is 0 Å². The van der Waals surface area contributed by atoms with Crippen LogP contribution in [0, 0.1) is 0 Å². The van der Waals surface area contributed by atoms with Crippen LogP contribution in [-0.4, -0.2) is 23.2 Å². The zero-order chi connectivity index (χ0) is 13.2. The fourth-order valence-electron chi connectivity index (χ4n) is 2.75. The van der Waals surface area contributed by atoms with Crippen molar-refractivity contribution in [3.63, 3.8) is 0 Å². The molecule has 1 unspecified atom stereocenters. The Kier molecular flexibility index (Phi) is 8.06. The normalized spacial score (nSPS) is 22.7. The van der Waals surface area contributed by atoms with Gasteiger partial charge in [0, 0.05) is 6.04 Å². The van der Waals surface area contributed by atoms with Gasteiger partial charge in [0.05, 0.1) is 0 Å². The molecule has 0 aliphatic heterocycles. The Hall–Kier alpha value is -0.570. The number of hydrogen-bond acceptors (Lipinski definition) is 2. The van der Waals surface area contributed by atoms with Crippen molar-refractivity contribution in [2.45, 2.75) is 89.6 Å². The molecule has 3 nitrogen and oxygen atoms in total. The van der Waals surface area contributed by atoms with Crippen LogP contribution in [0.3, 0.4) is 0 Å². The third-order valence-electron chi connectivity index (χ3n) is 3.96. The highest BCUT2D eigenvalue weighted by molar-refractivity contribution is 5.72.